The number of aliphatic hydroxyl groups excluding tert-OH is 1. The fourth-order valence-corrected chi connectivity index (χ4v) is 6.52. The number of hydrogen-bond donors (Lipinski definition) is 1. The van der Waals surface area contributed by atoms with Crippen LogP contribution < -0.4 is 0 Å². The summed E-state index contributed by atoms with van der Waals surface area (Å²) in [5, 5.41) is 11.1. The Morgan fingerprint density at radius 3 is 1.39 bits per heavy atom. The Bertz CT molecular complexity index is 2020. The van der Waals surface area contributed by atoms with E-state index in [9.17, 15) is 19.5 Å². The zero-order valence-corrected chi connectivity index (χ0v) is 30.8. The number of benzene rings is 5. The monoisotopic (exact) mass is 774 g/mol. The summed E-state index contributed by atoms with van der Waals surface area (Å²) in [5.74, 6) is -2.09. The minimum Gasteiger partial charge on any atom is -0.459 e. The van der Waals surface area contributed by atoms with Gasteiger partial charge in [-0.1, -0.05) is 115 Å². The van der Waals surface area contributed by atoms with Gasteiger partial charge in [-0.25, -0.2) is 14.4 Å². The molecular formula is C45H42O12. The number of carbonyl (C=O) groups is 3. The summed E-state index contributed by atoms with van der Waals surface area (Å²) in [6.07, 6.45) is -9.10. The molecule has 0 amide bonds. The van der Waals surface area contributed by atoms with Crippen LogP contribution in [-0.4, -0.2) is 85.4 Å². The number of carbonyl (C=O) groups excluding carboxylic acids is 3. The number of rotatable bonds is 16. The molecule has 5 aromatic carbocycles. The van der Waals surface area contributed by atoms with Crippen molar-refractivity contribution >= 4 is 17.9 Å². The highest BCUT2D eigenvalue weighted by Crippen LogP contribution is 2.33. The fourth-order valence-electron chi connectivity index (χ4n) is 6.52. The molecule has 8 atom stereocenters. The third-order valence-corrected chi connectivity index (χ3v) is 9.44. The van der Waals surface area contributed by atoms with Crippen LogP contribution in [0.25, 0.3) is 0 Å². The molecule has 0 bridgehead atoms. The Morgan fingerprint density at radius 1 is 0.456 bits per heavy atom. The third-order valence-electron chi connectivity index (χ3n) is 9.44. The van der Waals surface area contributed by atoms with Gasteiger partial charge in [-0.2, -0.15) is 0 Å². The molecule has 1 N–H and O–H groups in total. The molecular weight excluding hydrogens is 732 g/mol. The molecule has 12 nitrogen and oxygen atoms in total. The van der Waals surface area contributed by atoms with Gasteiger partial charge in [0.2, 0.25) is 0 Å². The van der Waals surface area contributed by atoms with Crippen molar-refractivity contribution in [2.75, 3.05) is 13.2 Å². The largest absolute Gasteiger partial charge is 0.459 e. The summed E-state index contributed by atoms with van der Waals surface area (Å²) in [4.78, 5) is 40.1. The van der Waals surface area contributed by atoms with Gasteiger partial charge < -0.3 is 43.0 Å². The number of esters is 3. The van der Waals surface area contributed by atoms with Crippen molar-refractivity contribution < 1.29 is 57.4 Å². The van der Waals surface area contributed by atoms with Gasteiger partial charge >= 0.3 is 17.9 Å². The maximum Gasteiger partial charge on any atom is 0.338 e. The van der Waals surface area contributed by atoms with Gasteiger partial charge in [0.05, 0.1) is 36.5 Å². The van der Waals surface area contributed by atoms with Crippen LogP contribution in [0.4, 0.5) is 0 Å². The second-order valence-corrected chi connectivity index (χ2v) is 13.4. The molecule has 12 heteroatoms. The van der Waals surface area contributed by atoms with Gasteiger partial charge in [-0.3, -0.25) is 0 Å². The van der Waals surface area contributed by atoms with Crippen molar-refractivity contribution in [2.45, 2.75) is 62.4 Å². The van der Waals surface area contributed by atoms with E-state index in [2.05, 4.69) is 0 Å². The molecule has 0 aliphatic carbocycles. The molecule has 2 heterocycles. The third kappa shape index (κ3) is 10.4. The zero-order chi connectivity index (χ0) is 39.4. The van der Waals surface area contributed by atoms with Crippen LogP contribution in [0.1, 0.15) is 42.2 Å². The molecule has 2 aliphatic rings. The number of aliphatic hydroxyl groups is 1. The average Bonchev–Trinajstić information content (AvgIpc) is 3.75. The lowest BCUT2D eigenvalue weighted by molar-refractivity contribution is -0.200. The smallest absolute Gasteiger partial charge is 0.338 e. The van der Waals surface area contributed by atoms with E-state index in [1.807, 2.05) is 60.7 Å². The average molecular weight is 775 g/mol. The normalized spacial score (nSPS) is 24.1. The highest BCUT2D eigenvalue weighted by Gasteiger charge is 2.53. The first-order valence-corrected chi connectivity index (χ1v) is 18.6. The fraction of sp³-hybridized carbons (Fsp3) is 0.267. The van der Waals surface area contributed by atoms with Gasteiger partial charge in [0.1, 0.15) is 31.0 Å². The van der Waals surface area contributed by atoms with Crippen molar-refractivity contribution in [1.29, 1.82) is 0 Å². The van der Waals surface area contributed by atoms with Crippen molar-refractivity contribution in [3.05, 3.63) is 179 Å². The van der Waals surface area contributed by atoms with E-state index in [1.165, 1.54) is 0 Å². The Kier molecular flexibility index (Phi) is 13.5. The van der Waals surface area contributed by atoms with Crippen LogP contribution in [0.15, 0.2) is 152 Å². The molecule has 2 aliphatic heterocycles. The molecule has 0 saturated carbocycles. The van der Waals surface area contributed by atoms with Gasteiger partial charge in [0, 0.05) is 0 Å². The van der Waals surface area contributed by atoms with Gasteiger partial charge in [0.25, 0.3) is 0 Å². The molecule has 5 aromatic rings. The molecule has 57 heavy (non-hydrogen) atoms. The summed E-state index contributed by atoms with van der Waals surface area (Å²) in [7, 11) is 0. The number of ether oxygens (including phenoxy) is 8. The summed E-state index contributed by atoms with van der Waals surface area (Å²) in [6.45, 7) is -0.239. The van der Waals surface area contributed by atoms with Crippen LogP contribution in [0.3, 0.4) is 0 Å². The molecule has 294 valence electrons. The maximum absolute atomic E-state index is 13.6. The zero-order valence-electron chi connectivity index (χ0n) is 30.8. The van der Waals surface area contributed by atoms with E-state index < -0.39 is 67.1 Å². The minimum atomic E-state index is -1.37. The lowest BCUT2D eigenvalue weighted by Crippen LogP contribution is -2.43. The van der Waals surface area contributed by atoms with Crippen LogP contribution in [0.2, 0.25) is 0 Å². The van der Waals surface area contributed by atoms with Gasteiger partial charge in [-0.05, 0) is 47.5 Å². The van der Waals surface area contributed by atoms with E-state index >= 15 is 0 Å². The SMILES string of the molecule is O=C(OC[C@H]1O[C@H](OC[C@H]2O[C@H](O)[C@@H](OCc3ccccc3)[C@@H]2OCc2ccccc2)[C@@H](OC(=O)c2ccccc2)[C@@H]1OC(=O)c1ccccc1)c1ccccc1. The quantitative estimate of drug-likeness (QED) is 0.0938. The first-order valence-electron chi connectivity index (χ1n) is 18.6. The van der Waals surface area contributed by atoms with Crippen molar-refractivity contribution in [2.24, 2.45) is 0 Å². The molecule has 2 saturated heterocycles. The van der Waals surface area contributed by atoms with Crippen LogP contribution in [0, 0.1) is 0 Å². The Balaban J connectivity index is 1.13. The lowest BCUT2D eigenvalue weighted by atomic mass is 10.1. The topological polar surface area (TPSA) is 145 Å². The van der Waals surface area contributed by atoms with Crippen molar-refractivity contribution in [1.82, 2.24) is 0 Å². The first kappa shape index (κ1) is 39.5. The highest BCUT2D eigenvalue weighted by molar-refractivity contribution is 5.91. The van der Waals surface area contributed by atoms with E-state index in [4.69, 9.17) is 37.9 Å². The number of hydrogen-bond acceptors (Lipinski definition) is 12. The summed E-state index contributed by atoms with van der Waals surface area (Å²) in [5.41, 5.74) is 2.56. The molecule has 7 rings (SSSR count). The maximum atomic E-state index is 13.6. The Labute approximate surface area is 329 Å². The molecule has 2 fully saturated rings. The lowest BCUT2D eigenvalue weighted by Gasteiger charge is -2.26. The highest BCUT2D eigenvalue weighted by atomic mass is 16.8. The summed E-state index contributed by atoms with van der Waals surface area (Å²) in [6, 6.07) is 44.0. The Hall–Kier alpha value is -5.73. The van der Waals surface area contributed by atoms with Crippen LogP contribution >= 0.6 is 0 Å². The predicted octanol–water partition coefficient (Wildman–Crippen LogP) is 5.92. The summed E-state index contributed by atoms with van der Waals surface area (Å²) < 4.78 is 48.7. The standard InChI is InChI=1S/C45H42O12/c46-41(32-20-10-3-11-21-32)52-28-36-38(56-42(47)33-22-12-4-13-23-33)40(57-43(48)34-24-14-5-15-25-34)45(55-36)53-29-35-37(50-26-30-16-6-1-7-17-30)39(44(49)54-35)51-27-31-18-8-2-9-19-31/h1-25,35-40,44-45,49H,26-29H2/t35-,36-,37-,38-,39+,40+,44+,45+/m1/s1. The van der Waals surface area contributed by atoms with E-state index in [1.54, 1.807) is 91.0 Å². The molecule has 0 aromatic heterocycles. The molecule has 0 unspecified atom stereocenters. The van der Waals surface area contributed by atoms with E-state index in [0.717, 1.165) is 11.1 Å². The van der Waals surface area contributed by atoms with Crippen LogP contribution in [0.5, 0.6) is 0 Å². The van der Waals surface area contributed by atoms with Crippen molar-refractivity contribution in [3.8, 4) is 0 Å². The van der Waals surface area contributed by atoms with Crippen molar-refractivity contribution in [3.63, 3.8) is 0 Å². The van der Waals surface area contributed by atoms with E-state index in [0.29, 0.717) is 5.56 Å². The second-order valence-electron chi connectivity index (χ2n) is 13.4. The predicted molar refractivity (Wildman–Crippen MR) is 204 cm³/mol. The molecule has 0 spiro atoms. The van der Waals surface area contributed by atoms with Gasteiger partial charge in [-0.15, -0.1) is 0 Å². The Morgan fingerprint density at radius 2 is 0.877 bits per heavy atom. The van der Waals surface area contributed by atoms with E-state index in [-0.39, 0.29) is 37.6 Å². The van der Waals surface area contributed by atoms with Gasteiger partial charge in [0.15, 0.2) is 24.8 Å². The first-order chi connectivity index (χ1) is 27.9. The molecule has 0 radical (unpaired) electrons. The minimum absolute atomic E-state index is 0.186. The summed E-state index contributed by atoms with van der Waals surface area (Å²) >= 11 is 0. The van der Waals surface area contributed by atoms with Crippen LogP contribution in [-0.2, 0) is 51.1 Å². The second kappa shape index (κ2) is 19.4.